The van der Waals surface area contributed by atoms with Crippen molar-refractivity contribution in [2.45, 2.75) is 52.5 Å². The summed E-state index contributed by atoms with van der Waals surface area (Å²) >= 11 is 0. The summed E-state index contributed by atoms with van der Waals surface area (Å²) < 4.78 is 2.09. The lowest BCUT2D eigenvalue weighted by Gasteiger charge is -2.31. The van der Waals surface area contributed by atoms with Gasteiger partial charge >= 0.3 is 0 Å². The zero-order chi connectivity index (χ0) is 13.0. The highest BCUT2D eigenvalue weighted by molar-refractivity contribution is 4.92. The van der Waals surface area contributed by atoms with Gasteiger partial charge in [0, 0.05) is 26.0 Å². The Morgan fingerprint density at radius 3 is 2.67 bits per heavy atom. The van der Waals surface area contributed by atoms with Gasteiger partial charge in [-0.15, -0.1) is 0 Å². The molecule has 0 aromatic carbocycles. The van der Waals surface area contributed by atoms with Gasteiger partial charge in [0.2, 0.25) is 0 Å². The number of nitrogens with one attached hydrogen (secondary N) is 1. The fourth-order valence-corrected chi connectivity index (χ4v) is 3.45. The Balaban J connectivity index is 1.85. The van der Waals surface area contributed by atoms with Gasteiger partial charge in [-0.3, -0.25) is 0 Å². The van der Waals surface area contributed by atoms with Crippen LogP contribution in [0, 0.1) is 11.3 Å². The van der Waals surface area contributed by atoms with Crippen molar-refractivity contribution in [2.75, 3.05) is 6.54 Å². The van der Waals surface area contributed by atoms with Gasteiger partial charge in [-0.2, -0.15) is 0 Å². The summed E-state index contributed by atoms with van der Waals surface area (Å²) in [4.78, 5) is 4.36. The van der Waals surface area contributed by atoms with E-state index in [0.29, 0.717) is 5.41 Å². The second-order valence-electron chi connectivity index (χ2n) is 6.36. The first-order valence-corrected chi connectivity index (χ1v) is 7.28. The van der Waals surface area contributed by atoms with Gasteiger partial charge in [0.1, 0.15) is 5.82 Å². The van der Waals surface area contributed by atoms with E-state index in [0.717, 1.165) is 24.8 Å². The zero-order valence-electron chi connectivity index (χ0n) is 12.1. The maximum atomic E-state index is 4.36. The molecule has 1 aliphatic rings. The molecule has 3 heteroatoms. The van der Waals surface area contributed by atoms with E-state index in [1.807, 2.05) is 12.4 Å². The standard InChI is InChI=1S/C15H27N3/c1-13(2)10-15(6-4-5-7-15)12-16-11-14-17-8-9-18(14)3/h8-9,13,16H,4-7,10-12H2,1-3H3. The van der Waals surface area contributed by atoms with E-state index in [4.69, 9.17) is 0 Å². The van der Waals surface area contributed by atoms with Crippen molar-refractivity contribution >= 4 is 0 Å². The van der Waals surface area contributed by atoms with Crippen LogP contribution in [0.3, 0.4) is 0 Å². The Morgan fingerprint density at radius 2 is 2.11 bits per heavy atom. The van der Waals surface area contributed by atoms with Crippen LogP contribution in [0.2, 0.25) is 0 Å². The van der Waals surface area contributed by atoms with E-state index in [1.165, 1.54) is 32.1 Å². The summed E-state index contributed by atoms with van der Waals surface area (Å²) in [6.07, 6.45) is 10.9. The molecule has 3 nitrogen and oxygen atoms in total. The molecular formula is C15H27N3. The summed E-state index contributed by atoms with van der Waals surface area (Å²) in [7, 11) is 2.06. The highest BCUT2D eigenvalue weighted by Gasteiger charge is 2.33. The normalized spacial score (nSPS) is 18.7. The third kappa shape index (κ3) is 3.35. The zero-order valence-corrected chi connectivity index (χ0v) is 12.1. The average molecular weight is 249 g/mol. The van der Waals surface area contributed by atoms with Crippen LogP contribution in [-0.2, 0) is 13.6 Å². The number of aromatic nitrogens is 2. The average Bonchev–Trinajstić information content (AvgIpc) is 2.89. The highest BCUT2D eigenvalue weighted by atomic mass is 15.1. The van der Waals surface area contributed by atoms with E-state index >= 15 is 0 Å². The third-order valence-electron chi connectivity index (χ3n) is 4.21. The molecular weight excluding hydrogens is 222 g/mol. The molecule has 1 aliphatic carbocycles. The lowest BCUT2D eigenvalue weighted by molar-refractivity contribution is 0.222. The fourth-order valence-electron chi connectivity index (χ4n) is 3.45. The molecule has 1 N–H and O–H groups in total. The maximum Gasteiger partial charge on any atom is 0.122 e. The molecule has 0 saturated heterocycles. The third-order valence-corrected chi connectivity index (χ3v) is 4.21. The quantitative estimate of drug-likeness (QED) is 0.839. The lowest BCUT2D eigenvalue weighted by atomic mass is 9.78. The number of rotatable bonds is 6. The maximum absolute atomic E-state index is 4.36. The molecule has 1 fully saturated rings. The summed E-state index contributed by atoms with van der Waals surface area (Å²) in [5, 5.41) is 3.63. The van der Waals surface area contributed by atoms with Crippen molar-refractivity contribution in [3.8, 4) is 0 Å². The second kappa shape index (κ2) is 5.87. The molecule has 0 bridgehead atoms. The van der Waals surface area contributed by atoms with Crippen LogP contribution in [-0.4, -0.2) is 16.1 Å². The minimum absolute atomic E-state index is 0.555. The van der Waals surface area contributed by atoms with Gasteiger partial charge < -0.3 is 9.88 Å². The van der Waals surface area contributed by atoms with Crippen LogP contribution in [0.5, 0.6) is 0 Å². The van der Waals surface area contributed by atoms with Crippen molar-refractivity contribution in [1.82, 2.24) is 14.9 Å². The Labute approximate surface area is 111 Å². The highest BCUT2D eigenvalue weighted by Crippen LogP contribution is 2.42. The van der Waals surface area contributed by atoms with Crippen molar-refractivity contribution in [2.24, 2.45) is 18.4 Å². The van der Waals surface area contributed by atoms with Gasteiger partial charge in [-0.1, -0.05) is 26.7 Å². The molecule has 0 radical (unpaired) electrons. The SMILES string of the molecule is CC(C)CC1(CNCc2nccn2C)CCCC1. The van der Waals surface area contributed by atoms with E-state index in [-0.39, 0.29) is 0 Å². The minimum Gasteiger partial charge on any atom is -0.337 e. The van der Waals surface area contributed by atoms with Gasteiger partial charge in [-0.25, -0.2) is 4.98 Å². The van der Waals surface area contributed by atoms with Gasteiger partial charge in [0.05, 0.1) is 6.54 Å². The molecule has 0 unspecified atom stereocenters. The van der Waals surface area contributed by atoms with Crippen LogP contribution in [0.4, 0.5) is 0 Å². The first kappa shape index (κ1) is 13.6. The molecule has 1 saturated carbocycles. The second-order valence-corrected chi connectivity index (χ2v) is 6.36. The first-order chi connectivity index (χ1) is 8.61. The number of hydrogen-bond acceptors (Lipinski definition) is 2. The van der Waals surface area contributed by atoms with E-state index in [2.05, 4.69) is 35.8 Å². The number of hydrogen-bond donors (Lipinski definition) is 1. The first-order valence-electron chi connectivity index (χ1n) is 7.28. The van der Waals surface area contributed by atoms with Crippen LogP contribution in [0.25, 0.3) is 0 Å². The summed E-state index contributed by atoms with van der Waals surface area (Å²) in [5.74, 6) is 1.94. The summed E-state index contributed by atoms with van der Waals surface area (Å²) in [6.45, 7) is 6.74. The predicted octanol–water partition coefficient (Wildman–Crippen LogP) is 3.12. The molecule has 0 atom stereocenters. The molecule has 18 heavy (non-hydrogen) atoms. The Morgan fingerprint density at radius 1 is 1.39 bits per heavy atom. The molecule has 0 aliphatic heterocycles. The van der Waals surface area contributed by atoms with E-state index < -0.39 is 0 Å². The molecule has 102 valence electrons. The largest absolute Gasteiger partial charge is 0.337 e. The monoisotopic (exact) mass is 249 g/mol. The number of imidazole rings is 1. The van der Waals surface area contributed by atoms with Crippen LogP contribution < -0.4 is 5.32 Å². The number of nitrogens with zero attached hydrogens (tertiary/aromatic N) is 2. The minimum atomic E-state index is 0.555. The molecule has 2 rings (SSSR count). The van der Waals surface area contributed by atoms with Gasteiger partial charge in [0.25, 0.3) is 0 Å². The van der Waals surface area contributed by atoms with E-state index in [9.17, 15) is 0 Å². The van der Waals surface area contributed by atoms with Crippen molar-refractivity contribution < 1.29 is 0 Å². The molecule has 1 heterocycles. The Kier molecular flexibility index (Phi) is 4.44. The predicted molar refractivity (Wildman–Crippen MR) is 75.3 cm³/mol. The number of aryl methyl sites for hydroxylation is 1. The lowest BCUT2D eigenvalue weighted by Crippen LogP contribution is -2.33. The van der Waals surface area contributed by atoms with Gasteiger partial charge in [-0.05, 0) is 30.6 Å². The molecule has 0 amide bonds. The van der Waals surface area contributed by atoms with Crippen LogP contribution in [0.15, 0.2) is 12.4 Å². The van der Waals surface area contributed by atoms with Crippen LogP contribution >= 0.6 is 0 Å². The Bertz CT molecular complexity index is 362. The topological polar surface area (TPSA) is 29.9 Å². The van der Waals surface area contributed by atoms with E-state index in [1.54, 1.807) is 0 Å². The van der Waals surface area contributed by atoms with Crippen LogP contribution in [0.1, 0.15) is 51.8 Å². The molecule has 1 aromatic rings. The fraction of sp³-hybridized carbons (Fsp3) is 0.800. The summed E-state index contributed by atoms with van der Waals surface area (Å²) in [5.41, 5.74) is 0.555. The molecule has 0 spiro atoms. The smallest absolute Gasteiger partial charge is 0.122 e. The van der Waals surface area contributed by atoms with Crippen molar-refractivity contribution in [1.29, 1.82) is 0 Å². The Hall–Kier alpha value is -0.830. The van der Waals surface area contributed by atoms with Crippen molar-refractivity contribution in [3.63, 3.8) is 0 Å². The summed E-state index contributed by atoms with van der Waals surface area (Å²) in [6, 6.07) is 0. The van der Waals surface area contributed by atoms with Crippen molar-refractivity contribution in [3.05, 3.63) is 18.2 Å². The molecule has 1 aromatic heterocycles. The van der Waals surface area contributed by atoms with Gasteiger partial charge in [0.15, 0.2) is 0 Å².